The third-order valence-electron chi connectivity index (χ3n) is 4.53. The molecule has 0 radical (unpaired) electrons. The molecule has 0 saturated heterocycles. The lowest BCUT2D eigenvalue weighted by atomic mass is 10.0. The van der Waals surface area contributed by atoms with Crippen molar-refractivity contribution in [3.63, 3.8) is 0 Å². The van der Waals surface area contributed by atoms with Gasteiger partial charge in [-0.3, -0.25) is 14.4 Å². The van der Waals surface area contributed by atoms with Gasteiger partial charge >= 0.3 is 6.03 Å². The van der Waals surface area contributed by atoms with Gasteiger partial charge in [0.15, 0.2) is 0 Å². The molecule has 1 heterocycles. The molecule has 1 aromatic rings. The molecule has 3 atom stereocenters. The standard InChI is InChI=1S/C20H30N6O5/c1-10(2)6-15-19(29)24-11(3)9-31-16-5-4-12(25-20(22)30)7-13(16)17(27)23-8-14(21)18(28)26-15/h4-5,7,10-11,14-15H,6,8-9,21H2,1-3H3,(H,23,27)(H,24,29)(H,26,28)(H3,22,25,30)/t11?,14-,15-/m0/s1. The zero-order valence-corrected chi connectivity index (χ0v) is 17.9. The number of fused-ring (bicyclic) bond motifs is 1. The van der Waals surface area contributed by atoms with Crippen LogP contribution in [0, 0.1) is 5.92 Å². The van der Waals surface area contributed by atoms with Crippen LogP contribution in [-0.2, 0) is 9.59 Å². The summed E-state index contributed by atoms with van der Waals surface area (Å²) < 4.78 is 5.75. The molecule has 2 rings (SSSR count). The van der Waals surface area contributed by atoms with Crippen molar-refractivity contribution < 1.29 is 23.9 Å². The highest BCUT2D eigenvalue weighted by molar-refractivity contribution is 5.99. The van der Waals surface area contributed by atoms with Crippen molar-refractivity contribution in [2.75, 3.05) is 18.5 Å². The van der Waals surface area contributed by atoms with Gasteiger partial charge in [0.05, 0.1) is 11.6 Å². The van der Waals surface area contributed by atoms with Crippen LogP contribution in [0.5, 0.6) is 5.75 Å². The average Bonchev–Trinajstić information content (AvgIpc) is 2.68. The van der Waals surface area contributed by atoms with E-state index in [0.29, 0.717) is 12.1 Å². The molecule has 1 aromatic carbocycles. The van der Waals surface area contributed by atoms with E-state index in [1.165, 1.54) is 18.2 Å². The number of urea groups is 1. The van der Waals surface area contributed by atoms with E-state index in [9.17, 15) is 19.2 Å². The van der Waals surface area contributed by atoms with Crippen molar-refractivity contribution in [1.29, 1.82) is 0 Å². The number of nitrogens with one attached hydrogen (secondary N) is 4. The first-order chi connectivity index (χ1) is 14.6. The van der Waals surface area contributed by atoms with Crippen LogP contribution >= 0.6 is 0 Å². The van der Waals surface area contributed by atoms with Gasteiger partial charge in [0.2, 0.25) is 11.8 Å². The lowest BCUT2D eigenvalue weighted by Crippen LogP contribution is -2.56. The molecule has 0 bridgehead atoms. The Hall–Kier alpha value is -3.34. The van der Waals surface area contributed by atoms with E-state index in [-0.39, 0.29) is 36.3 Å². The molecule has 0 fully saturated rings. The average molecular weight is 434 g/mol. The van der Waals surface area contributed by atoms with Crippen LogP contribution in [0.4, 0.5) is 10.5 Å². The molecule has 1 aliphatic heterocycles. The number of amides is 5. The Balaban J connectivity index is 2.31. The van der Waals surface area contributed by atoms with Gasteiger partial charge in [0.1, 0.15) is 24.4 Å². The van der Waals surface area contributed by atoms with Gasteiger partial charge in [-0.1, -0.05) is 13.8 Å². The minimum absolute atomic E-state index is 0.0798. The van der Waals surface area contributed by atoms with Crippen molar-refractivity contribution in [2.45, 2.75) is 45.3 Å². The molecule has 5 amide bonds. The first kappa shape index (κ1) is 23.9. The van der Waals surface area contributed by atoms with Gasteiger partial charge in [-0.25, -0.2) is 4.79 Å². The van der Waals surface area contributed by atoms with E-state index in [2.05, 4.69) is 21.3 Å². The fourth-order valence-corrected chi connectivity index (χ4v) is 3.03. The van der Waals surface area contributed by atoms with Crippen molar-refractivity contribution in [3.8, 4) is 5.75 Å². The number of rotatable bonds is 3. The van der Waals surface area contributed by atoms with Gasteiger partial charge in [0, 0.05) is 12.2 Å². The molecule has 170 valence electrons. The molecule has 11 heteroatoms. The minimum Gasteiger partial charge on any atom is -0.491 e. The van der Waals surface area contributed by atoms with Crippen molar-refractivity contribution in [2.24, 2.45) is 17.4 Å². The summed E-state index contributed by atoms with van der Waals surface area (Å²) in [5.74, 6) is -1.03. The predicted octanol–water partition coefficient (Wildman–Crippen LogP) is -0.338. The van der Waals surface area contributed by atoms with Crippen molar-refractivity contribution in [3.05, 3.63) is 23.8 Å². The molecule has 0 spiro atoms. The number of hydrogen-bond acceptors (Lipinski definition) is 6. The molecule has 1 unspecified atom stereocenters. The van der Waals surface area contributed by atoms with Gasteiger partial charge in [-0.05, 0) is 37.5 Å². The number of nitrogens with two attached hydrogens (primary N) is 2. The topological polar surface area (TPSA) is 178 Å². The summed E-state index contributed by atoms with van der Waals surface area (Å²) in [6, 6.07) is 1.42. The number of carbonyl (C=O) groups is 4. The maximum Gasteiger partial charge on any atom is 0.316 e. The van der Waals surface area contributed by atoms with E-state index in [1.807, 2.05) is 13.8 Å². The number of hydrogen-bond donors (Lipinski definition) is 6. The second kappa shape index (κ2) is 10.6. The Morgan fingerprint density at radius 3 is 2.58 bits per heavy atom. The van der Waals surface area contributed by atoms with Crippen LogP contribution in [0.3, 0.4) is 0 Å². The molecule has 1 aliphatic rings. The van der Waals surface area contributed by atoms with E-state index in [1.54, 1.807) is 6.92 Å². The number of benzene rings is 1. The molecular formula is C20H30N6O5. The summed E-state index contributed by atoms with van der Waals surface area (Å²) in [6.45, 7) is 5.54. The lowest BCUT2D eigenvalue weighted by Gasteiger charge is -2.25. The van der Waals surface area contributed by atoms with Crippen LogP contribution in [0.1, 0.15) is 37.6 Å². The summed E-state index contributed by atoms with van der Waals surface area (Å²) in [4.78, 5) is 49.0. The fraction of sp³-hybridized carbons (Fsp3) is 0.500. The summed E-state index contributed by atoms with van der Waals surface area (Å²) in [5, 5.41) is 10.4. The van der Waals surface area contributed by atoms with Crippen molar-refractivity contribution in [1.82, 2.24) is 16.0 Å². The zero-order valence-electron chi connectivity index (χ0n) is 17.9. The largest absolute Gasteiger partial charge is 0.491 e. The first-order valence-corrected chi connectivity index (χ1v) is 10.0. The molecular weight excluding hydrogens is 404 g/mol. The maximum absolute atomic E-state index is 12.7. The van der Waals surface area contributed by atoms with Crippen molar-refractivity contribution >= 4 is 29.4 Å². The Morgan fingerprint density at radius 2 is 1.94 bits per heavy atom. The molecule has 0 saturated carbocycles. The summed E-state index contributed by atoms with van der Waals surface area (Å²) >= 11 is 0. The smallest absolute Gasteiger partial charge is 0.316 e. The Labute approximate surface area is 180 Å². The van der Waals surface area contributed by atoms with Crippen LogP contribution < -0.4 is 37.5 Å². The van der Waals surface area contributed by atoms with Crippen LogP contribution in [0.25, 0.3) is 0 Å². The highest BCUT2D eigenvalue weighted by Gasteiger charge is 2.27. The van der Waals surface area contributed by atoms with E-state index < -0.39 is 36.0 Å². The number of ether oxygens (including phenoxy) is 1. The fourth-order valence-electron chi connectivity index (χ4n) is 3.03. The second-order valence-corrected chi connectivity index (χ2v) is 7.93. The monoisotopic (exact) mass is 434 g/mol. The third kappa shape index (κ3) is 7.14. The molecule has 11 nitrogen and oxygen atoms in total. The minimum atomic E-state index is -1.07. The summed E-state index contributed by atoms with van der Waals surface area (Å²) in [6.07, 6.45) is 0.433. The number of primary amides is 1. The van der Waals surface area contributed by atoms with E-state index >= 15 is 0 Å². The lowest BCUT2D eigenvalue weighted by molar-refractivity contribution is -0.130. The maximum atomic E-state index is 12.7. The van der Waals surface area contributed by atoms with Crippen LogP contribution in [-0.4, -0.2) is 55.0 Å². The van der Waals surface area contributed by atoms with E-state index in [4.69, 9.17) is 16.2 Å². The first-order valence-electron chi connectivity index (χ1n) is 10.0. The summed E-state index contributed by atoms with van der Waals surface area (Å²) in [5.41, 5.74) is 11.5. The van der Waals surface area contributed by atoms with Gasteiger partial charge in [-0.2, -0.15) is 0 Å². The van der Waals surface area contributed by atoms with E-state index in [0.717, 1.165) is 0 Å². The number of anilines is 1. The molecule has 0 aliphatic carbocycles. The normalized spacial score (nSPS) is 22.9. The second-order valence-electron chi connectivity index (χ2n) is 7.93. The SMILES string of the molecule is CC(C)C[C@@H]1NC(=O)[C@@H](N)CNC(=O)c2cc(NC(N)=O)ccc2OCC(C)NC1=O. The van der Waals surface area contributed by atoms with Crippen LogP contribution in [0.2, 0.25) is 0 Å². The zero-order chi connectivity index (χ0) is 23.1. The Kier molecular flexibility index (Phi) is 8.20. The summed E-state index contributed by atoms with van der Waals surface area (Å²) in [7, 11) is 0. The van der Waals surface area contributed by atoms with Gasteiger partial charge in [0.25, 0.3) is 5.91 Å². The molecule has 0 aromatic heterocycles. The molecule has 31 heavy (non-hydrogen) atoms. The van der Waals surface area contributed by atoms with Crippen LogP contribution in [0.15, 0.2) is 18.2 Å². The highest BCUT2D eigenvalue weighted by atomic mass is 16.5. The Bertz CT molecular complexity index is 843. The van der Waals surface area contributed by atoms with Gasteiger partial charge in [-0.15, -0.1) is 0 Å². The highest BCUT2D eigenvalue weighted by Crippen LogP contribution is 2.23. The number of carbonyl (C=O) groups excluding carboxylic acids is 4. The Morgan fingerprint density at radius 1 is 1.23 bits per heavy atom. The third-order valence-corrected chi connectivity index (χ3v) is 4.53. The predicted molar refractivity (Wildman–Crippen MR) is 114 cm³/mol. The van der Waals surface area contributed by atoms with Gasteiger partial charge < -0.3 is 37.5 Å². The molecule has 8 N–H and O–H groups in total. The quantitative estimate of drug-likeness (QED) is 0.379.